The van der Waals surface area contributed by atoms with E-state index in [1.807, 2.05) is 24.3 Å². The number of carbonyl (C=O) groups is 1. The highest BCUT2D eigenvalue weighted by Gasteiger charge is 2.44. The van der Waals surface area contributed by atoms with Gasteiger partial charge in [-0.05, 0) is 37.9 Å². The maximum absolute atomic E-state index is 11.3. The monoisotopic (exact) mass is 299 g/mol. The fourth-order valence-corrected chi connectivity index (χ4v) is 4.13. The van der Waals surface area contributed by atoms with Crippen molar-refractivity contribution in [2.45, 2.75) is 35.8 Å². The molecule has 2 rings (SSSR count). The van der Waals surface area contributed by atoms with Crippen LogP contribution in [0.4, 0.5) is 0 Å². The zero-order valence-corrected chi connectivity index (χ0v) is 12.4. The third-order valence-corrected chi connectivity index (χ3v) is 5.51. The molecule has 2 N–H and O–H groups in total. The van der Waals surface area contributed by atoms with Crippen molar-refractivity contribution in [2.24, 2.45) is 0 Å². The number of benzene rings is 1. The fraction of sp³-hybridized carbons (Fsp3) is 0.500. The van der Waals surface area contributed by atoms with Gasteiger partial charge < -0.3 is 10.4 Å². The van der Waals surface area contributed by atoms with Gasteiger partial charge in [-0.2, -0.15) is 11.8 Å². The smallest absolute Gasteiger partial charge is 0.323 e. The Morgan fingerprint density at radius 3 is 2.89 bits per heavy atom. The average Bonchev–Trinajstić information content (AvgIpc) is 2.83. The van der Waals surface area contributed by atoms with Crippen LogP contribution in [0.2, 0.25) is 5.02 Å². The molecule has 0 amide bonds. The second-order valence-corrected chi connectivity index (χ2v) is 6.60. The first kappa shape index (κ1) is 14.7. The molecule has 19 heavy (non-hydrogen) atoms. The van der Waals surface area contributed by atoms with Gasteiger partial charge in [0.25, 0.3) is 0 Å². The van der Waals surface area contributed by atoms with Crippen LogP contribution in [0, 0.1) is 0 Å². The molecule has 0 heterocycles. The average molecular weight is 300 g/mol. The van der Waals surface area contributed by atoms with Gasteiger partial charge in [-0.1, -0.05) is 29.8 Å². The summed E-state index contributed by atoms with van der Waals surface area (Å²) in [5.74, 6) is 0.0971. The van der Waals surface area contributed by atoms with Crippen LogP contribution >= 0.6 is 23.4 Å². The second kappa shape index (κ2) is 6.16. The highest BCUT2D eigenvalue weighted by molar-refractivity contribution is 7.99. The molecule has 0 radical (unpaired) electrons. The predicted molar refractivity (Wildman–Crippen MR) is 79.8 cm³/mol. The molecule has 0 aliphatic heterocycles. The summed E-state index contributed by atoms with van der Waals surface area (Å²) >= 11 is 7.92. The van der Waals surface area contributed by atoms with Crippen LogP contribution in [0.15, 0.2) is 24.3 Å². The largest absolute Gasteiger partial charge is 0.480 e. The first-order chi connectivity index (χ1) is 9.07. The van der Waals surface area contributed by atoms with Crippen LogP contribution in [0.3, 0.4) is 0 Å². The number of halogens is 1. The lowest BCUT2D eigenvalue weighted by molar-refractivity contribution is -0.144. The highest BCUT2D eigenvalue weighted by Crippen LogP contribution is 2.38. The van der Waals surface area contributed by atoms with Crippen molar-refractivity contribution in [1.82, 2.24) is 5.32 Å². The first-order valence-corrected chi connectivity index (χ1v) is 7.77. The van der Waals surface area contributed by atoms with E-state index in [2.05, 4.69) is 5.32 Å². The maximum atomic E-state index is 11.3. The molecule has 5 heteroatoms. The van der Waals surface area contributed by atoms with Crippen molar-refractivity contribution in [2.75, 3.05) is 7.05 Å². The molecule has 0 aromatic heterocycles. The fourth-order valence-electron chi connectivity index (χ4n) is 2.49. The summed E-state index contributed by atoms with van der Waals surface area (Å²) < 4.78 is 0. The predicted octanol–water partition coefficient (Wildman–Crippen LogP) is 3.17. The number of hydrogen-bond acceptors (Lipinski definition) is 3. The van der Waals surface area contributed by atoms with Gasteiger partial charge >= 0.3 is 5.97 Å². The molecule has 1 saturated carbocycles. The van der Waals surface area contributed by atoms with E-state index in [1.54, 1.807) is 18.8 Å². The Morgan fingerprint density at radius 2 is 2.32 bits per heavy atom. The molecule has 1 aliphatic carbocycles. The van der Waals surface area contributed by atoms with E-state index in [0.29, 0.717) is 18.1 Å². The number of aliphatic carboxylic acids is 1. The van der Waals surface area contributed by atoms with Crippen LogP contribution in [0.25, 0.3) is 0 Å². The Balaban J connectivity index is 1.93. The number of likely N-dealkylation sites (N-methyl/N-ethyl adjacent to an activating group) is 1. The number of carboxylic acid groups (broad SMARTS) is 1. The number of carboxylic acids is 1. The summed E-state index contributed by atoms with van der Waals surface area (Å²) in [6.07, 6.45) is 2.30. The van der Waals surface area contributed by atoms with E-state index in [1.165, 1.54) is 0 Å². The summed E-state index contributed by atoms with van der Waals surface area (Å²) in [5, 5.41) is 13.5. The Morgan fingerprint density at radius 1 is 1.58 bits per heavy atom. The minimum atomic E-state index is -0.740. The quantitative estimate of drug-likeness (QED) is 0.877. The molecule has 1 aromatic carbocycles. The van der Waals surface area contributed by atoms with E-state index >= 15 is 0 Å². The number of hydrogen-bond donors (Lipinski definition) is 2. The van der Waals surface area contributed by atoms with E-state index in [4.69, 9.17) is 11.6 Å². The van der Waals surface area contributed by atoms with Gasteiger partial charge in [-0.3, -0.25) is 4.79 Å². The maximum Gasteiger partial charge on any atom is 0.323 e. The lowest BCUT2D eigenvalue weighted by Gasteiger charge is -2.23. The summed E-state index contributed by atoms with van der Waals surface area (Å²) in [5.41, 5.74) is 0.379. The summed E-state index contributed by atoms with van der Waals surface area (Å²) in [6, 6.07) is 7.81. The zero-order chi connectivity index (χ0) is 13.9. The van der Waals surface area contributed by atoms with Crippen molar-refractivity contribution in [1.29, 1.82) is 0 Å². The SMILES string of the molecule is CNC1(C(=O)O)CCC(SCc2ccccc2Cl)C1. The Labute approximate surface area is 122 Å². The van der Waals surface area contributed by atoms with Crippen LogP contribution < -0.4 is 5.32 Å². The molecule has 0 bridgehead atoms. The van der Waals surface area contributed by atoms with E-state index < -0.39 is 11.5 Å². The lowest BCUT2D eigenvalue weighted by Crippen LogP contribution is -2.48. The molecule has 0 spiro atoms. The van der Waals surface area contributed by atoms with Crippen molar-refractivity contribution in [3.8, 4) is 0 Å². The second-order valence-electron chi connectivity index (χ2n) is 4.90. The molecule has 1 aliphatic rings. The van der Waals surface area contributed by atoms with E-state index in [0.717, 1.165) is 22.8 Å². The molecule has 2 unspecified atom stereocenters. The normalized spacial score (nSPS) is 26.5. The molecule has 1 fully saturated rings. The molecule has 104 valence electrons. The summed E-state index contributed by atoms with van der Waals surface area (Å²) in [6.45, 7) is 0. The standard InChI is InChI=1S/C14H18ClNO2S/c1-16-14(13(17)18)7-6-11(8-14)19-9-10-4-2-3-5-12(10)15/h2-5,11,16H,6-9H2,1H3,(H,17,18). The molecule has 1 aromatic rings. The van der Waals surface area contributed by atoms with Gasteiger partial charge in [-0.25, -0.2) is 0 Å². The van der Waals surface area contributed by atoms with Crippen molar-refractivity contribution in [3.63, 3.8) is 0 Å². The van der Waals surface area contributed by atoms with Gasteiger partial charge in [0.15, 0.2) is 0 Å². The van der Waals surface area contributed by atoms with E-state index in [9.17, 15) is 9.90 Å². The minimum Gasteiger partial charge on any atom is -0.480 e. The lowest BCUT2D eigenvalue weighted by atomic mass is 9.99. The van der Waals surface area contributed by atoms with E-state index in [-0.39, 0.29) is 0 Å². The summed E-state index contributed by atoms with van der Waals surface area (Å²) in [7, 11) is 1.73. The van der Waals surface area contributed by atoms with Crippen LogP contribution in [-0.4, -0.2) is 28.9 Å². The van der Waals surface area contributed by atoms with Gasteiger partial charge in [0.05, 0.1) is 0 Å². The van der Waals surface area contributed by atoms with Gasteiger partial charge in [0.1, 0.15) is 5.54 Å². The van der Waals surface area contributed by atoms with Crippen LogP contribution in [0.5, 0.6) is 0 Å². The van der Waals surface area contributed by atoms with Crippen molar-refractivity contribution >= 4 is 29.3 Å². The molecular formula is C14H18ClNO2S. The third-order valence-electron chi connectivity index (χ3n) is 3.79. The van der Waals surface area contributed by atoms with Gasteiger partial charge in [-0.15, -0.1) is 0 Å². The molecule has 3 nitrogen and oxygen atoms in total. The number of nitrogens with one attached hydrogen (secondary N) is 1. The Kier molecular flexibility index (Phi) is 4.76. The van der Waals surface area contributed by atoms with Crippen molar-refractivity contribution < 1.29 is 9.90 Å². The Bertz CT molecular complexity index is 469. The molecule has 0 saturated heterocycles. The number of thioether (sulfide) groups is 1. The van der Waals surface area contributed by atoms with Crippen LogP contribution in [-0.2, 0) is 10.5 Å². The number of rotatable bonds is 5. The highest BCUT2D eigenvalue weighted by atomic mass is 35.5. The van der Waals surface area contributed by atoms with Gasteiger partial charge in [0, 0.05) is 16.0 Å². The van der Waals surface area contributed by atoms with Crippen LogP contribution in [0.1, 0.15) is 24.8 Å². The molecular weight excluding hydrogens is 282 g/mol. The van der Waals surface area contributed by atoms with Gasteiger partial charge in [0.2, 0.25) is 0 Å². The third kappa shape index (κ3) is 3.25. The zero-order valence-electron chi connectivity index (χ0n) is 10.9. The van der Waals surface area contributed by atoms with Crippen molar-refractivity contribution in [3.05, 3.63) is 34.9 Å². The topological polar surface area (TPSA) is 49.3 Å². The summed E-state index contributed by atoms with van der Waals surface area (Å²) in [4.78, 5) is 11.3. The minimum absolute atomic E-state index is 0.375. The Hall–Kier alpha value is -0.710. The molecule has 2 atom stereocenters. The first-order valence-electron chi connectivity index (χ1n) is 6.35.